The molecule has 0 unspecified atom stereocenters. The Hall–Kier alpha value is 1.97. The molecule has 0 bridgehead atoms. The van der Waals surface area contributed by atoms with Crippen LogP contribution >= 0.6 is 0 Å². The Morgan fingerprint density at radius 2 is 0.750 bits per heavy atom. The standard InChI is InChI=1S/Ca.Li.H4O4Si.HO4Si/c;;2*1-5(2,3)4/h;;1-4H;1H/q+2;+1;;-3. The van der Waals surface area contributed by atoms with E-state index in [9.17, 15) is 0 Å². The molecule has 0 heterocycles. The normalized spacial score (nSPS) is 10.0. The van der Waals surface area contributed by atoms with Gasteiger partial charge in [-0.05, 0) is 0 Å². The van der Waals surface area contributed by atoms with Gasteiger partial charge < -0.3 is 38.4 Å². The monoisotopic (exact) mass is 236 g/mol. The molecule has 0 saturated carbocycles. The summed E-state index contributed by atoms with van der Waals surface area (Å²) in [5.74, 6) is 0. The third-order valence-electron chi connectivity index (χ3n) is 0. The molecule has 0 atom stereocenters. The Kier molecular flexibility index (Phi) is 18.8. The Morgan fingerprint density at radius 3 is 0.750 bits per heavy atom. The smallest absolute Gasteiger partial charge is 0.861 e. The van der Waals surface area contributed by atoms with Gasteiger partial charge in [-0.1, -0.05) is 0 Å². The molecule has 0 aromatic rings. The topological polar surface area (TPSA) is 170 Å². The summed E-state index contributed by atoms with van der Waals surface area (Å²) in [4.78, 5) is 62.4. The molecule has 0 aliphatic carbocycles. The van der Waals surface area contributed by atoms with E-state index in [2.05, 4.69) is 0 Å². The first-order chi connectivity index (χ1) is 4.00. The van der Waals surface area contributed by atoms with Crippen molar-refractivity contribution in [3.63, 3.8) is 0 Å². The third-order valence-corrected chi connectivity index (χ3v) is 0. The molecular weight excluding hydrogens is 231 g/mol. The first-order valence-corrected chi connectivity index (χ1v) is 5.19. The average molecular weight is 236 g/mol. The largest absolute Gasteiger partial charge is 2.00 e. The number of hydrogen-bond donors (Lipinski definition) is 5. The van der Waals surface area contributed by atoms with Crippen molar-refractivity contribution in [2.45, 2.75) is 0 Å². The van der Waals surface area contributed by atoms with Gasteiger partial charge in [-0.25, -0.2) is 0 Å². The Bertz CT molecular complexity index is 60.0. The summed E-state index contributed by atoms with van der Waals surface area (Å²) in [6.45, 7) is 0. The van der Waals surface area contributed by atoms with Gasteiger partial charge in [-0.15, -0.1) is 9.05 Å². The van der Waals surface area contributed by atoms with Crippen LogP contribution in [0.5, 0.6) is 0 Å². The fourth-order valence-corrected chi connectivity index (χ4v) is 0. The summed E-state index contributed by atoms with van der Waals surface area (Å²) in [6, 6.07) is 0. The first kappa shape index (κ1) is 23.6. The molecular formula is H5CaLiO8Si2. The minimum absolute atomic E-state index is 0. The maximum absolute atomic E-state index is 8.69. The second kappa shape index (κ2) is 9.52. The van der Waals surface area contributed by atoms with Crippen LogP contribution in [0.25, 0.3) is 0 Å². The molecule has 8 nitrogen and oxygen atoms in total. The average Bonchev–Trinajstić information content (AvgIpc) is 1.12. The van der Waals surface area contributed by atoms with Crippen LogP contribution in [0.4, 0.5) is 0 Å². The van der Waals surface area contributed by atoms with Crippen molar-refractivity contribution in [3.05, 3.63) is 0 Å². The van der Waals surface area contributed by atoms with Gasteiger partial charge in [0.25, 0.3) is 0 Å². The molecule has 0 aromatic heterocycles. The summed E-state index contributed by atoms with van der Waals surface area (Å²) >= 11 is 0. The quantitative estimate of drug-likeness (QED) is 0.258. The molecule has 0 amide bonds. The molecule has 0 aliphatic heterocycles. The second-order valence-corrected chi connectivity index (χ2v) is 3.37. The van der Waals surface area contributed by atoms with Crippen LogP contribution in [0.15, 0.2) is 0 Å². The van der Waals surface area contributed by atoms with E-state index in [0.717, 1.165) is 0 Å². The SMILES string of the molecule is O[Si](O)(O)O.[Ca+2].[Li+].[O-][Si]([O-])([O-])O. The van der Waals surface area contributed by atoms with E-state index in [-0.39, 0.29) is 56.6 Å². The Labute approximate surface area is 112 Å². The van der Waals surface area contributed by atoms with Crippen LogP contribution in [0, 0.1) is 0 Å². The zero-order valence-corrected chi connectivity index (χ0v) is 10.4. The molecule has 0 fully saturated rings. The maximum Gasteiger partial charge on any atom is 2.00 e. The third kappa shape index (κ3) is 371. The van der Waals surface area contributed by atoms with Gasteiger partial charge in [0, 0.05) is 0 Å². The van der Waals surface area contributed by atoms with Gasteiger partial charge in [0.05, 0.1) is 0 Å². The van der Waals surface area contributed by atoms with Crippen LogP contribution < -0.4 is 33.2 Å². The molecule has 5 N–H and O–H groups in total. The molecule has 0 radical (unpaired) electrons. The van der Waals surface area contributed by atoms with E-state index in [4.69, 9.17) is 38.4 Å². The number of hydrogen-bond acceptors (Lipinski definition) is 8. The Balaban J connectivity index is -0.0000000457. The van der Waals surface area contributed by atoms with Crippen LogP contribution in [0.1, 0.15) is 0 Å². The zero-order valence-electron chi connectivity index (χ0n) is 6.17. The fraction of sp³-hybridized carbons (Fsp3) is 0. The maximum atomic E-state index is 8.69. The molecule has 0 saturated heterocycles. The van der Waals surface area contributed by atoms with Crippen LogP contribution in [-0.2, 0) is 0 Å². The van der Waals surface area contributed by atoms with Crippen LogP contribution in [-0.4, -0.2) is 79.8 Å². The molecule has 12 heavy (non-hydrogen) atoms. The Morgan fingerprint density at radius 1 is 0.750 bits per heavy atom. The van der Waals surface area contributed by atoms with Gasteiger partial charge in [0.2, 0.25) is 0 Å². The summed E-state index contributed by atoms with van der Waals surface area (Å²) in [6.07, 6.45) is 0. The molecule has 0 spiro atoms. The van der Waals surface area contributed by atoms with Crippen molar-refractivity contribution in [2.24, 2.45) is 0 Å². The van der Waals surface area contributed by atoms with Gasteiger partial charge >= 0.3 is 65.6 Å². The van der Waals surface area contributed by atoms with E-state index in [1.54, 1.807) is 0 Å². The van der Waals surface area contributed by atoms with Crippen molar-refractivity contribution in [3.8, 4) is 0 Å². The van der Waals surface area contributed by atoms with Gasteiger partial charge in [-0.2, -0.15) is 0 Å². The first-order valence-electron chi connectivity index (χ1n) is 1.73. The van der Waals surface area contributed by atoms with E-state index >= 15 is 0 Å². The summed E-state index contributed by atoms with van der Waals surface area (Å²) in [7, 11) is -9.97. The van der Waals surface area contributed by atoms with E-state index in [1.807, 2.05) is 0 Å². The van der Waals surface area contributed by atoms with Crippen molar-refractivity contribution >= 4 is 55.8 Å². The molecule has 0 rings (SSSR count). The van der Waals surface area contributed by atoms with Crippen molar-refractivity contribution in [1.29, 1.82) is 0 Å². The molecule has 64 valence electrons. The van der Waals surface area contributed by atoms with Crippen LogP contribution in [0.3, 0.4) is 0 Å². The van der Waals surface area contributed by atoms with E-state index < -0.39 is 18.1 Å². The van der Waals surface area contributed by atoms with Gasteiger partial charge in [-0.3, -0.25) is 0 Å². The van der Waals surface area contributed by atoms with E-state index in [1.165, 1.54) is 0 Å². The predicted molar refractivity (Wildman–Crippen MR) is 28.4 cm³/mol. The van der Waals surface area contributed by atoms with Gasteiger partial charge in [0.15, 0.2) is 0 Å². The summed E-state index contributed by atoms with van der Waals surface area (Å²) in [5, 5.41) is 0. The van der Waals surface area contributed by atoms with Crippen molar-refractivity contribution in [2.75, 3.05) is 0 Å². The molecule has 0 aliphatic rings. The minimum atomic E-state index is -5.36. The second-order valence-electron chi connectivity index (χ2n) is 1.12. The van der Waals surface area contributed by atoms with E-state index in [0.29, 0.717) is 0 Å². The van der Waals surface area contributed by atoms with Crippen molar-refractivity contribution in [1.82, 2.24) is 0 Å². The number of rotatable bonds is 0. The summed E-state index contributed by atoms with van der Waals surface area (Å²) in [5.41, 5.74) is 0. The van der Waals surface area contributed by atoms with Crippen LogP contribution in [0.2, 0.25) is 0 Å². The zero-order chi connectivity index (χ0) is 9.00. The molecule has 12 heteroatoms. The fourth-order valence-electron chi connectivity index (χ4n) is 0. The van der Waals surface area contributed by atoms with Crippen molar-refractivity contribution < 1.29 is 57.2 Å². The molecule has 0 aromatic carbocycles. The minimum Gasteiger partial charge on any atom is -0.861 e. The van der Waals surface area contributed by atoms with Gasteiger partial charge in [0.1, 0.15) is 0 Å². The predicted octanol–water partition coefficient (Wildman–Crippen LogP) is -10.5. The summed E-state index contributed by atoms with van der Waals surface area (Å²) < 4.78 is 0.